The lowest BCUT2D eigenvalue weighted by Crippen LogP contribution is -2.07. The standard InChI is InChI=1S/C8H17BO/c1-7(6-10-5)8(2)9(3)4/h6H2,1-5H3/b8-7+. The van der Waals surface area contributed by atoms with E-state index < -0.39 is 0 Å². The van der Waals surface area contributed by atoms with Gasteiger partial charge in [0.15, 0.2) is 6.71 Å². The topological polar surface area (TPSA) is 9.23 Å². The largest absolute Gasteiger partial charge is 0.380 e. The highest BCUT2D eigenvalue weighted by atomic mass is 16.5. The van der Waals surface area contributed by atoms with Crippen molar-refractivity contribution in [1.82, 2.24) is 0 Å². The molecule has 0 aromatic rings. The Balaban J connectivity index is 4.05. The number of hydrogen-bond donors (Lipinski definition) is 0. The van der Waals surface area contributed by atoms with Crippen LogP contribution in [0.1, 0.15) is 13.8 Å². The molecule has 0 aromatic heterocycles. The third kappa shape index (κ3) is 3.07. The summed E-state index contributed by atoms with van der Waals surface area (Å²) in [4.78, 5) is 0. The zero-order valence-corrected chi connectivity index (χ0v) is 7.69. The van der Waals surface area contributed by atoms with Gasteiger partial charge in [-0.15, -0.1) is 5.47 Å². The number of allylic oxidation sites excluding steroid dienone is 1. The zero-order chi connectivity index (χ0) is 8.15. The Morgan fingerprint density at radius 1 is 1.30 bits per heavy atom. The molecule has 0 saturated heterocycles. The van der Waals surface area contributed by atoms with E-state index in [1.165, 1.54) is 11.0 Å². The van der Waals surface area contributed by atoms with Gasteiger partial charge in [-0.25, -0.2) is 0 Å². The summed E-state index contributed by atoms with van der Waals surface area (Å²) in [7, 11) is 1.73. The van der Waals surface area contributed by atoms with Gasteiger partial charge in [0.1, 0.15) is 0 Å². The molecule has 0 saturated carbocycles. The van der Waals surface area contributed by atoms with Gasteiger partial charge in [0, 0.05) is 7.11 Å². The lowest BCUT2D eigenvalue weighted by atomic mass is 9.48. The maximum absolute atomic E-state index is 5.02. The average Bonchev–Trinajstić information content (AvgIpc) is 1.87. The summed E-state index contributed by atoms with van der Waals surface area (Å²) in [6.07, 6.45) is 0. The van der Waals surface area contributed by atoms with E-state index >= 15 is 0 Å². The highest BCUT2D eigenvalue weighted by Gasteiger charge is 2.03. The molecule has 1 nitrogen and oxygen atoms in total. The molecule has 0 fully saturated rings. The maximum atomic E-state index is 5.02. The molecule has 10 heavy (non-hydrogen) atoms. The van der Waals surface area contributed by atoms with Gasteiger partial charge in [0.05, 0.1) is 6.61 Å². The lowest BCUT2D eigenvalue weighted by Gasteiger charge is -2.07. The molecule has 0 unspecified atom stereocenters. The molecule has 0 radical (unpaired) electrons. The molecule has 0 aliphatic carbocycles. The second-order valence-electron chi connectivity index (χ2n) is 3.05. The summed E-state index contributed by atoms with van der Waals surface area (Å²) in [5.74, 6) is 0. The Bertz CT molecular complexity index is 127. The maximum Gasteiger partial charge on any atom is 0.163 e. The van der Waals surface area contributed by atoms with Crippen LogP contribution in [0.15, 0.2) is 11.0 Å². The SMILES string of the molecule is COC/C(C)=C(\C)B(C)C. The van der Waals surface area contributed by atoms with Crippen molar-refractivity contribution in [3.8, 4) is 0 Å². The van der Waals surface area contributed by atoms with Gasteiger partial charge >= 0.3 is 0 Å². The molecule has 0 heterocycles. The lowest BCUT2D eigenvalue weighted by molar-refractivity contribution is 0.225. The van der Waals surface area contributed by atoms with Crippen molar-refractivity contribution < 1.29 is 4.74 Å². The highest BCUT2D eigenvalue weighted by Crippen LogP contribution is 2.06. The van der Waals surface area contributed by atoms with Crippen molar-refractivity contribution in [3.63, 3.8) is 0 Å². The second kappa shape index (κ2) is 4.56. The molecular formula is C8H17BO. The molecule has 0 bridgehead atoms. The highest BCUT2D eigenvalue weighted by molar-refractivity contribution is 6.63. The summed E-state index contributed by atoms with van der Waals surface area (Å²) in [6, 6.07) is 0. The minimum absolute atomic E-state index is 0.648. The fourth-order valence-corrected chi connectivity index (χ4v) is 0.823. The van der Waals surface area contributed by atoms with Gasteiger partial charge in [-0.3, -0.25) is 0 Å². The van der Waals surface area contributed by atoms with Crippen LogP contribution in [-0.2, 0) is 4.74 Å². The van der Waals surface area contributed by atoms with Gasteiger partial charge in [-0.1, -0.05) is 26.1 Å². The van der Waals surface area contributed by atoms with Gasteiger partial charge in [-0.05, 0) is 6.92 Å². The monoisotopic (exact) mass is 140 g/mol. The average molecular weight is 140 g/mol. The van der Waals surface area contributed by atoms with Crippen molar-refractivity contribution in [3.05, 3.63) is 11.0 Å². The first-order valence-electron chi connectivity index (χ1n) is 3.74. The molecule has 0 aromatic carbocycles. The Morgan fingerprint density at radius 2 is 1.80 bits per heavy atom. The van der Waals surface area contributed by atoms with E-state index in [0.29, 0.717) is 6.71 Å². The summed E-state index contributed by atoms with van der Waals surface area (Å²) in [6.45, 7) is 10.1. The van der Waals surface area contributed by atoms with Crippen LogP contribution >= 0.6 is 0 Å². The van der Waals surface area contributed by atoms with Crippen LogP contribution in [0.3, 0.4) is 0 Å². The Labute approximate surface area is 64.5 Å². The van der Waals surface area contributed by atoms with Gasteiger partial charge in [-0.2, -0.15) is 0 Å². The zero-order valence-electron chi connectivity index (χ0n) is 7.69. The Kier molecular flexibility index (Phi) is 4.45. The number of ether oxygens (including phenoxy) is 1. The normalized spacial score (nSPS) is 12.9. The molecule has 58 valence electrons. The minimum atomic E-state index is 0.648. The van der Waals surface area contributed by atoms with Crippen molar-refractivity contribution in [2.45, 2.75) is 27.5 Å². The van der Waals surface area contributed by atoms with E-state index in [9.17, 15) is 0 Å². The summed E-state index contributed by atoms with van der Waals surface area (Å²) in [5.41, 5.74) is 2.80. The molecule has 0 spiro atoms. The summed E-state index contributed by atoms with van der Waals surface area (Å²) >= 11 is 0. The number of hydrogen-bond acceptors (Lipinski definition) is 1. The van der Waals surface area contributed by atoms with Crippen LogP contribution in [0, 0.1) is 0 Å². The van der Waals surface area contributed by atoms with E-state index in [2.05, 4.69) is 27.5 Å². The predicted molar refractivity (Wildman–Crippen MR) is 47.7 cm³/mol. The van der Waals surface area contributed by atoms with Gasteiger partial charge in [0.25, 0.3) is 0 Å². The number of methoxy groups -OCH3 is 1. The first-order valence-corrected chi connectivity index (χ1v) is 3.74. The van der Waals surface area contributed by atoms with Gasteiger partial charge < -0.3 is 4.74 Å². The van der Waals surface area contributed by atoms with Crippen LogP contribution in [0.2, 0.25) is 13.6 Å². The molecule has 0 aliphatic heterocycles. The first-order chi connectivity index (χ1) is 4.59. The van der Waals surface area contributed by atoms with Crippen LogP contribution < -0.4 is 0 Å². The van der Waals surface area contributed by atoms with Crippen LogP contribution in [-0.4, -0.2) is 20.4 Å². The van der Waals surface area contributed by atoms with E-state index in [4.69, 9.17) is 4.74 Å². The second-order valence-corrected chi connectivity index (χ2v) is 3.05. The fraction of sp³-hybridized carbons (Fsp3) is 0.750. The van der Waals surface area contributed by atoms with Crippen molar-refractivity contribution in [2.75, 3.05) is 13.7 Å². The first kappa shape index (κ1) is 9.76. The Hall–Kier alpha value is -0.235. The van der Waals surface area contributed by atoms with Crippen molar-refractivity contribution >= 4 is 6.71 Å². The van der Waals surface area contributed by atoms with Crippen LogP contribution in [0.25, 0.3) is 0 Å². The third-order valence-corrected chi connectivity index (χ3v) is 1.90. The van der Waals surface area contributed by atoms with Gasteiger partial charge in [0.2, 0.25) is 0 Å². The summed E-state index contributed by atoms with van der Waals surface area (Å²) in [5, 5.41) is 0. The van der Waals surface area contributed by atoms with E-state index in [1.54, 1.807) is 7.11 Å². The molecule has 0 aliphatic rings. The fourth-order valence-electron chi connectivity index (χ4n) is 0.823. The minimum Gasteiger partial charge on any atom is -0.380 e. The van der Waals surface area contributed by atoms with E-state index in [0.717, 1.165) is 6.61 Å². The molecule has 0 atom stereocenters. The molecule has 0 N–H and O–H groups in total. The summed E-state index contributed by atoms with van der Waals surface area (Å²) < 4.78 is 5.02. The molecule has 2 heteroatoms. The van der Waals surface area contributed by atoms with E-state index in [1.807, 2.05) is 0 Å². The molecular weight excluding hydrogens is 123 g/mol. The smallest absolute Gasteiger partial charge is 0.163 e. The van der Waals surface area contributed by atoms with Crippen molar-refractivity contribution in [2.24, 2.45) is 0 Å². The van der Waals surface area contributed by atoms with Crippen LogP contribution in [0.4, 0.5) is 0 Å². The number of rotatable bonds is 3. The van der Waals surface area contributed by atoms with E-state index in [-0.39, 0.29) is 0 Å². The Morgan fingerprint density at radius 3 is 2.10 bits per heavy atom. The van der Waals surface area contributed by atoms with Crippen molar-refractivity contribution in [1.29, 1.82) is 0 Å². The third-order valence-electron chi connectivity index (χ3n) is 1.90. The van der Waals surface area contributed by atoms with Crippen LogP contribution in [0.5, 0.6) is 0 Å². The molecule has 0 amide bonds. The molecule has 0 rings (SSSR count). The quantitative estimate of drug-likeness (QED) is 0.546. The predicted octanol–water partition coefficient (Wildman–Crippen LogP) is 2.26.